The topological polar surface area (TPSA) is 81.5 Å². The zero-order chi connectivity index (χ0) is 18.4. The Balaban J connectivity index is 2.06. The maximum Gasteiger partial charge on any atom is 0.269 e. The molecule has 132 valence electrons. The highest BCUT2D eigenvalue weighted by Gasteiger charge is 2.36. The third kappa shape index (κ3) is 6.08. The van der Waals surface area contributed by atoms with Crippen molar-refractivity contribution in [2.45, 2.75) is 16.4 Å². The Hall–Kier alpha value is -2.02. The van der Waals surface area contributed by atoms with Crippen LogP contribution in [0.25, 0.3) is 0 Å². The molecule has 0 saturated heterocycles. The predicted octanol–water partition coefficient (Wildman–Crippen LogP) is 4.03. The average Bonchev–Trinajstić information content (AvgIpc) is 2.54. The highest BCUT2D eigenvalue weighted by atomic mass is 35.6. The molecule has 0 fully saturated rings. The molecule has 6 nitrogen and oxygen atoms in total. The fourth-order valence-electron chi connectivity index (χ4n) is 1.94. The molecule has 0 bridgehead atoms. The van der Waals surface area contributed by atoms with Crippen molar-refractivity contribution in [3.63, 3.8) is 0 Å². The molecular weight excluding hydrogens is 391 g/mol. The van der Waals surface area contributed by atoms with E-state index in [1.165, 1.54) is 24.3 Å². The van der Waals surface area contributed by atoms with E-state index >= 15 is 0 Å². The van der Waals surface area contributed by atoms with Crippen LogP contribution in [0.4, 0.5) is 5.69 Å². The molecule has 25 heavy (non-hydrogen) atoms. The van der Waals surface area contributed by atoms with E-state index in [0.717, 1.165) is 5.56 Å². The number of benzene rings is 2. The lowest BCUT2D eigenvalue weighted by molar-refractivity contribution is -0.384. The van der Waals surface area contributed by atoms with E-state index in [-0.39, 0.29) is 17.9 Å². The van der Waals surface area contributed by atoms with Crippen LogP contribution in [-0.2, 0) is 11.2 Å². The van der Waals surface area contributed by atoms with Gasteiger partial charge in [-0.1, -0.05) is 65.1 Å². The van der Waals surface area contributed by atoms with Gasteiger partial charge in [0.25, 0.3) is 5.69 Å². The molecule has 0 spiro atoms. The van der Waals surface area contributed by atoms with Gasteiger partial charge in [0.05, 0.1) is 11.3 Å². The van der Waals surface area contributed by atoms with E-state index in [2.05, 4.69) is 5.32 Å². The van der Waals surface area contributed by atoms with E-state index in [4.69, 9.17) is 39.5 Å². The Morgan fingerprint density at radius 3 is 2.24 bits per heavy atom. The van der Waals surface area contributed by atoms with Crippen molar-refractivity contribution in [1.82, 2.24) is 5.32 Å². The van der Waals surface area contributed by atoms with E-state index in [1.807, 2.05) is 18.2 Å². The van der Waals surface area contributed by atoms with Crippen molar-refractivity contribution < 1.29 is 14.5 Å². The van der Waals surface area contributed by atoms with Crippen LogP contribution in [0, 0.1) is 10.1 Å². The van der Waals surface area contributed by atoms with Gasteiger partial charge in [-0.05, 0) is 17.7 Å². The van der Waals surface area contributed by atoms with E-state index < -0.39 is 20.9 Å². The third-order valence-corrected chi connectivity index (χ3v) is 3.69. The summed E-state index contributed by atoms with van der Waals surface area (Å²) in [6.45, 7) is 0. The van der Waals surface area contributed by atoms with Crippen LogP contribution >= 0.6 is 34.8 Å². The number of halogens is 3. The summed E-state index contributed by atoms with van der Waals surface area (Å²) < 4.78 is 3.54. The lowest BCUT2D eigenvalue weighted by atomic mass is 10.1. The first-order chi connectivity index (χ1) is 11.8. The number of hydrogen-bond acceptors (Lipinski definition) is 4. The van der Waals surface area contributed by atoms with Gasteiger partial charge >= 0.3 is 0 Å². The number of rotatable bonds is 6. The van der Waals surface area contributed by atoms with Crippen LogP contribution in [0.1, 0.15) is 5.56 Å². The normalized spacial score (nSPS) is 12.3. The van der Waals surface area contributed by atoms with Crippen LogP contribution < -0.4 is 10.1 Å². The van der Waals surface area contributed by atoms with Crippen LogP contribution in [0.3, 0.4) is 0 Å². The fourth-order valence-corrected chi connectivity index (χ4v) is 2.24. The first-order valence-electron chi connectivity index (χ1n) is 7.07. The van der Waals surface area contributed by atoms with Crippen LogP contribution in [-0.4, -0.2) is 20.9 Å². The Morgan fingerprint density at radius 1 is 1.12 bits per heavy atom. The molecule has 0 aliphatic heterocycles. The van der Waals surface area contributed by atoms with Crippen LogP contribution in [0.5, 0.6) is 5.75 Å². The highest BCUT2D eigenvalue weighted by molar-refractivity contribution is 6.68. The van der Waals surface area contributed by atoms with Crippen molar-refractivity contribution in [3.8, 4) is 5.75 Å². The second-order valence-electron chi connectivity index (χ2n) is 5.02. The number of alkyl halides is 3. The Bertz CT molecular complexity index is 733. The number of nitrogens with one attached hydrogen (secondary N) is 1. The first kappa shape index (κ1) is 19.3. The minimum atomic E-state index is -1.94. The van der Waals surface area contributed by atoms with Gasteiger partial charge in [-0.2, -0.15) is 0 Å². The van der Waals surface area contributed by atoms with Gasteiger partial charge in [0, 0.05) is 12.1 Å². The number of hydrogen-bond donors (Lipinski definition) is 1. The molecule has 0 heterocycles. The van der Waals surface area contributed by atoms with Crippen molar-refractivity contribution >= 4 is 46.4 Å². The second-order valence-corrected chi connectivity index (χ2v) is 7.39. The highest BCUT2D eigenvalue weighted by Crippen LogP contribution is 2.32. The van der Waals surface area contributed by atoms with Gasteiger partial charge < -0.3 is 10.1 Å². The summed E-state index contributed by atoms with van der Waals surface area (Å²) >= 11 is 17.6. The Kier molecular flexibility index (Phi) is 6.47. The summed E-state index contributed by atoms with van der Waals surface area (Å²) in [5, 5.41) is 13.2. The molecule has 2 aromatic rings. The number of nitrogens with zero attached hydrogens (tertiary/aromatic N) is 1. The Labute approximate surface area is 158 Å². The van der Waals surface area contributed by atoms with Gasteiger partial charge in [-0.3, -0.25) is 14.9 Å². The smallest absolute Gasteiger partial charge is 0.269 e. The molecule has 9 heteroatoms. The predicted molar refractivity (Wildman–Crippen MR) is 96.1 cm³/mol. The molecule has 2 rings (SSSR count). The number of non-ortho nitro benzene ring substituents is 1. The second kappa shape index (κ2) is 8.38. The minimum absolute atomic E-state index is 0.0850. The maximum atomic E-state index is 12.1. The monoisotopic (exact) mass is 402 g/mol. The van der Waals surface area contributed by atoms with E-state index in [1.54, 1.807) is 12.1 Å². The first-order valence-corrected chi connectivity index (χ1v) is 8.20. The molecule has 0 saturated carbocycles. The van der Waals surface area contributed by atoms with Gasteiger partial charge in [0.15, 0.2) is 0 Å². The van der Waals surface area contributed by atoms with Crippen LogP contribution in [0.15, 0.2) is 54.6 Å². The molecule has 1 atom stereocenters. The van der Waals surface area contributed by atoms with Crippen molar-refractivity contribution in [2.75, 3.05) is 0 Å². The zero-order valence-corrected chi connectivity index (χ0v) is 15.0. The van der Waals surface area contributed by atoms with Crippen molar-refractivity contribution in [2.24, 2.45) is 0 Å². The SMILES string of the molecule is O=C(Cc1ccccc1)N[C@@H](Oc1ccc([N+](=O)[O-])cc1)C(Cl)(Cl)Cl. The quantitative estimate of drug-likeness (QED) is 0.342. The van der Waals surface area contributed by atoms with E-state index in [9.17, 15) is 14.9 Å². The van der Waals surface area contributed by atoms with Gasteiger partial charge in [0.1, 0.15) is 5.75 Å². The molecule has 0 unspecified atom stereocenters. The van der Waals surface area contributed by atoms with Gasteiger partial charge in [0.2, 0.25) is 15.9 Å². The summed E-state index contributed by atoms with van der Waals surface area (Å²) in [5.74, 6) is -0.189. The number of amides is 1. The molecule has 0 aliphatic rings. The van der Waals surface area contributed by atoms with Crippen molar-refractivity contribution in [1.29, 1.82) is 0 Å². The number of nitro benzene ring substituents is 1. The number of carbonyl (C=O) groups excluding carboxylic acids is 1. The third-order valence-electron chi connectivity index (χ3n) is 3.10. The summed E-state index contributed by atoms with van der Waals surface area (Å²) in [5.41, 5.74) is 0.685. The summed E-state index contributed by atoms with van der Waals surface area (Å²) in [6, 6.07) is 14.2. The number of ether oxygens (including phenoxy) is 1. The molecule has 0 radical (unpaired) electrons. The van der Waals surface area contributed by atoms with Crippen LogP contribution in [0.2, 0.25) is 0 Å². The Morgan fingerprint density at radius 2 is 1.72 bits per heavy atom. The zero-order valence-electron chi connectivity index (χ0n) is 12.7. The lowest BCUT2D eigenvalue weighted by Gasteiger charge is -2.26. The summed E-state index contributed by atoms with van der Waals surface area (Å²) in [6.07, 6.45) is -1.18. The molecular formula is C16H13Cl3N2O4. The fraction of sp³-hybridized carbons (Fsp3) is 0.188. The van der Waals surface area contributed by atoms with Gasteiger partial charge in [-0.25, -0.2) is 0 Å². The van der Waals surface area contributed by atoms with Gasteiger partial charge in [-0.15, -0.1) is 0 Å². The molecule has 2 aromatic carbocycles. The molecule has 0 aromatic heterocycles. The molecule has 1 N–H and O–H groups in total. The summed E-state index contributed by atoms with van der Waals surface area (Å²) in [7, 11) is 0. The van der Waals surface area contributed by atoms with Crippen molar-refractivity contribution in [3.05, 3.63) is 70.3 Å². The number of carbonyl (C=O) groups is 1. The maximum absolute atomic E-state index is 12.1. The number of nitro groups is 1. The standard InChI is InChI=1S/C16H13Cl3N2O4/c17-16(18,19)15(20-14(22)10-11-4-2-1-3-5-11)25-13-8-6-12(7-9-13)21(23)24/h1-9,15H,10H2,(H,20,22)/t15-/m0/s1. The average molecular weight is 404 g/mol. The van der Waals surface area contributed by atoms with E-state index in [0.29, 0.717) is 0 Å². The minimum Gasteiger partial charge on any atom is -0.466 e. The summed E-state index contributed by atoms with van der Waals surface area (Å²) in [4.78, 5) is 22.3. The molecule has 1 amide bonds. The largest absolute Gasteiger partial charge is 0.466 e. The lowest BCUT2D eigenvalue weighted by Crippen LogP contribution is -2.48. The molecule has 0 aliphatic carbocycles.